The van der Waals surface area contributed by atoms with E-state index in [0.29, 0.717) is 17.3 Å². The van der Waals surface area contributed by atoms with Gasteiger partial charge in [0.05, 0.1) is 33.1 Å². The maximum absolute atomic E-state index is 11.8. The molecule has 0 aliphatic rings. The van der Waals surface area contributed by atoms with Crippen molar-refractivity contribution >= 4 is 12.1 Å². The predicted octanol–water partition coefficient (Wildman–Crippen LogP) is 1.99. The molecule has 0 bridgehead atoms. The van der Waals surface area contributed by atoms with E-state index in [1.807, 2.05) is 0 Å². The van der Waals surface area contributed by atoms with Crippen LogP contribution in [0, 0.1) is 0 Å². The number of benzene rings is 1. The van der Waals surface area contributed by atoms with Gasteiger partial charge in [0, 0.05) is 0 Å². The second-order valence-electron chi connectivity index (χ2n) is 4.17. The summed E-state index contributed by atoms with van der Waals surface area (Å²) in [6, 6.07) is 8.80. The fourth-order valence-corrected chi connectivity index (χ4v) is 1.75. The van der Waals surface area contributed by atoms with Gasteiger partial charge in [-0.3, -0.25) is 4.79 Å². The molecule has 2 aromatic rings. The third kappa shape index (κ3) is 4.10. The van der Waals surface area contributed by atoms with Gasteiger partial charge in [-0.05, 0) is 29.8 Å². The first-order valence-electron chi connectivity index (χ1n) is 6.29. The van der Waals surface area contributed by atoms with E-state index in [2.05, 4.69) is 10.5 Å². The van der Waals surface area contributed by atoms with E-state index < -0.39 is 0 Å². The van der Waals surface area contributed by atoms with Gasteiger partial charge >= 0.3 is 0 Å². The van der Waals surface area contributed by atoms with Crippen LogP contribution in [0.25, 0.3) is 0 Å². The Morgan fingerprint density at radius 2 is 2.10 bits per heavy atom. The minimum Gasteiger partial charge on any atom is -0.493 e. The highest BCUT2D eigenvalue weighted by Gasteiger charge is 2.07. The number of amides is 1. The molecule has 0 saturated carbocycles. The van der Waals surface area contributed by atoms with E-state index in [1.54, 1.807) is 44.6 Å². The van der Waals surface area contributed by atoms with Crippen molar-refractivity contribution in [2.75, 3.05) is 14.2 Å². The first-order chi connectivity index (χ1) is 10.2. The number of carbonyl (C=O) groups is 1. The van der Waals surface area contributed by atoms with Gasteiger partial charge in [0.1, 0.15) is 5.76 Å². The highest BCUT2D eigenvalue weighted by atomic mass is 16.5. The van der Waals surface area contributed by atoms with Crippen LogP contribution in [-0.4, -0.2) is 26.3 Å². The average Bonchev–Trinajstić information content (AvgIpc) is 3.00. The zero-order chi connectivity index (χ0) is 15.1. The lowest BCUT2D eigenvalue weighted by atomic mass is 10.1. The summed E-state index contributed by atoms with van der Waals surface area (Å²) in [6.45, 7) is 0. The molecule has 1 amide bonds. The lowest BCUT2D eigenvalue weighted by molar-refractivity contribution is -0.120. The standard InChI is InChI=1S/C15H16N2O4/c1-19-13-6-5-11(8-14(13)20-2)9-15(18)17-16-10-12-4-3-7-21-12/h3-8,10H,9H2,1-2H3,(H,17,18). The Labute approximate surface area is 122 Å². The van der Waals surface area contributed by atoms with Gasteiger partial charge in [-0.2, -0.15) is 5.10 Å². The molecule has 6 nitrogen and oxygen atoms in total. The summed E-state index contributed by atoms with van der Waals surface area (Å²) in [7, 11) is 3.11. The zero-order valence-electron chi connectivity index (χ0n) is 11.8. The van der Waals surface area contributed by atoms with Crippen molar-refractivity contribution in [3.8, 4) is 11.5 Å². The number of ether oxygens (including phenoxy) is 2. The number of hydrogen-bond donors (Lipinski definition) is 1. The van der Waals surface area contributed by atoms with E-state index in [1.165, 1.54) is 12.5 Å². The van der Waals surface area contributed by atoms with Gasteiger partial charge in [0.15, 0.2) is 11.5 Å². The van der Waals surface area contributed by atoms with Gasteiger partial charge in [0.25, 0.3) is 0 Å². The molecule has 2 rings (SSSR count). The minimum absolute atomic E-state index is 0.190. The normalized spacial score (nSPS) is 10.6. The molecule has 1 N–H and O–H groups in total. The van der Waals surface area contributed by atoms with Crippen molar-refractivity contribution < 1.29 is 18.7 Å². The Hall–Kier alpha value is -2.76. The van der Waals surface area contributed by atoms with Gasteiger partial charge in [-0.25, -0.2) is 5.43 Å². The lowest BCUT2D eigenvalue weighted by Crippen LogP contribution is -2.19. The molecule has 0 fully saturated rings. The molecular formula is C15H16N2O4. The van der Waals surface area contributed by atoms with Crippen LogP contribution in [0.4, 0.5) is 0 Å². The predicted molar refractivity (Wildman–Crippen MR) is 77.7 cm³/mol. The second kappa shape index (κ2) is 7.14. The molecule has 0 aliphatic carbocycles. The Kier molecular flexibility index (Phi) is 4.98. The Morgan fingerprint density at radius 1 is 1.29 bits per heavy atom. The van der Waals surface area contributed by atoms with Crippen LogP contribution in [0.5, 0.6) is 11.5 Å². The maximum atomic E-state index is 11.8. The number of nitrogens with one attached hydrogen (secondary N) is 1. The van der Waals surface area contributed by atoms with Crippen LogP contribution in [0.3, 0.4) is 0 Å². The molecule has 0 unspecified atom stereocenters. The monoisotopic (exact) mass is 288 g/mol. The highest BCUT2D eigenvalue weighted by molar-refractivity contribution is 5.81. The Bertz CT molecular complexity index is 621. The van der Waals surface area contributed by atoms with E-state index in [4.69, 9.17) is 13.9 Å². The smallest absolute Gasteiger partial charge is 0.244 e. The molecule has 6 heteroatoms. The summed E-state index contributed by atoms with van der Waals surface area (Å²) < 4.78 is 15.4. The van der Waals surface area contributed by atoms with Crippen molar-refractivity contribution in [1.29, 1.82) is 0 Å². The Morgan fingerprint density at radius 3 is 2.76 bits per heavy atom. The van der Waals surface area contributed by atoms with Crippen molar-refractivity contribution in [1.82, 2.24) is 5.43 Å². The van der Waals surface area contributed by atoms with Crippen LogP contribution in [0.1, 0.15) is 11.3 Å². The van der Waals surface area contributed by atoms with Crippen molar-refractivity contribution in [2.24, 2.45) is 5.10 Å². The highest BCUT2D eigenvalue weighted by Crippen LogP contribution is 2.27. The summed E-state index contributed by atoms with van der Waals surface area (Å²) in [5.41, 5.74) is 3.24. The molecule has 0 aliphatic heterocycles. The van der Waals surface area contributed by atoms with Gasteiger partial charge in [0.2, 0.25) is 5.91 Å². The number of nitrogens with zero attached hydrogens (tertiary/aromatic N) is 1. The van der Waals surface area contributed by atoms with Crippen molar-refractivity contribution in [3.63, 3.8) is 0 Å². The number of rotatable bonds is 6. The van der Waals surface area contributed by atoms with E-state index in [0.717, 1.165) is 5.56 Å². The van der Waals surface area contributed by atoms with E-state index >= 15 is 0 Å². The third-order valence-corrected chi connectivity index (χ3v) is 2.74. The number of hydrogen-bond acceptors (Lipinski definition) is 5. The molecule has 0 atom stereocenters. The Balaban J connectivity index is 1.93. The molecule has 110 valence electrons. The lowest BCUT2D eigenvalue weighted by Gasteiger charge is -2.09. The quantitative estimate of drug-likeness (QED) is 0.651. The molecule has 21 heavy (non-hydrogen) atoms. The first kappa shape index (κ1) is 14.6. The molecule has 0 radical (unpaired) electrons. The van der Waals surface area contributed by atoms with Crippen LogP contribution >= 0.6 is 0 Å². The van der Waals surface area contributed by atoms with Crippen LogP contribution in [-0.2, 0) is 11.2 Å². The first-order valence-corrected chi connectivity index (χ1v) is 6.29. The second-order valence-corrected chi connectivity index (χ2v) is 4.17. The van der Waals surface area contributed by atoms with Crippen molar-refractivity contribution in [3.05, 3.63) is 47.9 Å². The largest absolute Gasteiger partial charge is 0.493 e. The number of hydrazone groups is 1. The van der Waals surface area contributed by atoms with Crippen LogP contribution < -0.4 is 14.9 Å². The maximum Gasteiger partial charge on any atom is 0.244 e. The zero-order valence-corrected chi connectivity index (χ0v) is 11.8. The van der Waals surface area contributed by atoms with E-state index in [9.17, 15) is 4.79 Å². The summed E-state index contributed by atoms with van der Waals surface area (Å²) in [6.07, 6.45) is 3.16. The average molecular weight is 288 g/mol. The summed E-state index contributed by atoms with van der Waals surface area (Å²) in [5.74, 6) is 1.55. The SMILES string of the molecule is COc1ccc(CC(=O)NN=Cc2ccco2)cc1OC. The number of methoxy groups -OCH3 is 2. The number of carbonyl (C=O) groups excluding carboxylic acids is 1. The molecule has 0 saturated heterocycles. The summed E-state index contributed by atoms with van der Waals surface area (Å²) in [4.78, 5) is 11.8. The minimum atomic E-state index is -0.231. The van der Waals surface area contributed by atoms with Crippen molar-refractivity contribution in [2.45, 2.75) is 6.42 Å². The van der Waals surface area contributed by atoms with Gasteiger partial charge in [-0.15, -0.1) is 0 Å². The third-order valence-electron chi connectivity index (χ3n) is 2.74. The van der Waals surface area contributed by atoms with Gasteiger partial charge in [-0.1, -0.05) is 6.07 Å². The molecule has 1 heterocycles. The molecule has 1 aromatic carbocycles. The summed E-state index contributed by atoms with van der Waals surface area (Å²) >= 11 is 0. The van der Waals surface area contributed by atoms with Crippen LogP contribution in [0.15, 0.2) is 46.1 Å². The summed E-state index contributed by atoms with van der Waals surface area (Å²) in [5, 5.41) is 3.81. The van der Waals surface area contributed by atoms with Gasteiger partial charge < -0.3 is 13.9 Å². The fourth-order valence-electron chi connectivity index (χ4n) is 1.75. The topological polar surface area (TPSA) is 73.1 Å². The van der Waals surface area contributed by atoms with E-state index in [-0.39, 0.29) is 12.3 Å². The number of furan rings is 1. The fraction of sp³-hybridized carbons (Fsp3) is 0.200. The van der Waals surface area contributed by atoms with Crippen LogP contribution in [0.2, 0.25) is 0 Å². The molecule has 1 aromatic heterocycles. The molecular weight excluding hydrogens is 272 g/mol. The molecule has 0 spiro atoms.